The Kier molecular flexibility index (Phi) is 9.02. The summed E-state index contributed by atoms with van der Waals surface area (Å²) in [4.78, 5) is 2.25. The number of benzene rings is 3. The lowest BCUT2D eigenvalue weighted by Gasteiger charge is -2.22. The summed E-state index contributed by atoms with van der Waals surface area (Å²) in [5, 5.41) is 9.69. The van der Waals surface area contributed by atoms with E-state index in [0.29, 0.717) is 17.1 Å². The third kappa shape index (κ3) is 7.87. The lowest BCUT2D eigenvalue weighted by atomic mass is 9.84. The summed E-state index contributed by atoms with van der Waals surface area (Å²) in [6.07, 6.45) is 0. The molecule has 0 spiro atoms. The molecule has 3 aromatic rings. The molecule has 0 aliphatic rings. The van der Waals surface area contributed by atoms with Gasteiger partial charge in [-0.15, -0.1) is 0 Å². The van der Waals surface area contributed by atoms with Gasteiger partial charge in [-0.1, -0.05) is 58.5 Å². The van der Waals surface area contributed by atoms with Crippen molar-refractivity contribution < 1.29 is 9.47 Å². The number of hydrogen-bond acceptors (Lipinski definition) is 4. The molecule has 0 radical (unpaired) electrons. The van der Waals surface area contributed by atoms with E-state index < -0.39 is 0 Å². The highest BCUT2D eigenvalue weighted by Crippen LogP contribution is 2.35. The van der Waals surface area contributed by atoms with Crippen LogP contribution in [-0.2, 0) is 5.41 Å². The molecule has 3 rings (SSSR count). The van der Waals surface area contributed by atoms with E-state index in [-0.39, 0.29) is 11.0 Å². The zero-order valence-corrected chi connectivity index (χ0v) is 21.8. The fourth-order valence-corrected chi connectivity index (χ4v) is 3.94. The maximum Gasteiger partial charge on any atom is 0.145 e. The second kappa shape index (κ2) is 11.3. The van der Waals surface area contributed by atoms with Crippen molar-refractivity contribution in [3.8, 4) is 23.3 Å². The number of rotatable bonds is 5. The minimum Gasteiger partial charge on any atom is -0.488 e. The van der Waals surface area contributed by atoms with Gasteiger partial charge in [0, 0.05) is 9.79 Å². The van der Waals surface area contributed by atoms with E-state index in [0.717, 1.165) is 21.1 Å². The fraction of sp³-hybridized carbons (Fsp3) is 0.345. The Morgan fingerprint density at radius 1 is 0.727 bits per heavy atom. The van der Waals surface area contributed by atoms with Crippen LogP contribution < -0.4 is 9.47 Å². The molecule has 0 atom stereocenters. The molecular formula is C29H35NO2S. The maximum absolute atomic E-state index is 9.69. The molecule has 0 amide bonds. The fourth-order valence-electron chi connectivity index (χ4n) is 3.12. The molecule has 33 heavy (non-hydrogen) atoms. The van der Waals surface area contributed by atoms with Crippen LogP contribution in [0.15, 0.2) is 76.5 Å². The van der Waals surface area contributed by atoms with Crippen LogP contribution in [0.3, 0.4) is 0 Å². The van der Waals surface area contributed by atoms with Crippen molar-refractivity contribution in [1.82, 2.24) is 0 Å². The van der Waals surface area contributed by atoms with Crippen LogP contribution in [0.25, 0.3) is 0 Å². The van der Waals surface area contributed by atoms with E-state index in [1.165, 1.54) is 0 Å². The lowest BCUT2D eigenvalue weighted by molar-refractivity contribution is 0.131. The predicted molar refractivity (Wildman–Crippen MR) is 139 cm³/mol. The van der Waals surface area contributed by atoms with Crippen LogP contribution in [-0.4, -0.2) is 5.60 Å². The minimum atomic E-state index is -0.206. The monoisotopic (exact) mass is 461 g/mol. The van der Waals surface area contributed by atoms with Crippen molar-refractivity contribution in [2.75, 3.05) is 0 Å². The zero-order chi connectivity index (χ0) is 24.6. The molecule has 0 heterocycles. The smallest absolute Gasteiger partial charge is 0.145 e. The minimum absolute atomic E-state index is 0.127. The first kappa shape index (κ1) is 26.4. The quantitative estimate of drug-likeness (QED) is 0.380. The summed E-state index contributed by atoms with van der Waals surface area (Å²) < 4.78 is 11.9. The van der Waals surface area contributed by atoms with Crippen LogP contribution in [0.2, 0.25) is 0 Å². The van der Waals surface area contributed by atoms with Gasteiger partial charge in [0.25, 0.3) is 0 Å². The molecular weight excluding hydrogens is 426 g/mol. The van der Waals surface area contributed by atoms with Gasteiger partial charge in [-0.25, -0.2) is 0 Å². The summed E-state index contributed by atoms with van der Waals surface area (Å²) in [7, 11) is 0. The Labute approximate surface area is 203 Å². The highest BCUT2D eigenvalue weighted by molar-refractivity contribution is 7.99. The third-order valence-electron chi connectivity index (χ3n) is 4.48. The van der Waals surface area contributed by atoms with Gasteiger partial charge in [0.1, 0.15) is 28.9 Å². The van der Waals surface area contributed by atoms with Crippen LogP contribution in [0.1, 0.15) is 66.5 Å². The molecule has 3 aromatic carbocycles. The largest absolute Gasteiger partial charge is 0.488 e. The molecule has 0 bridgehead atoms. The Hall–Kier alpha value is -2.90. The topological polar surface area (TPSA) is 42.2 Å². The van der Waals surface area contributed by atoms with Crippen molar-refractivity contribution in [2.24, 2.45) is 0 Å². The Morgan fingerprint density at radius 2 is 1.24 bits per heavy atom. The number of ether oxygens (including phenoxy) is 2. The normalized spacial score (nSPS) is 11.1. The van der Waals surface area contributed by atoms with Gasteiger partial charge in [-0.3, -0.25) is 0 Å². The van der Waals surface area contributed by atoms with Crippen molar-refractivity contribution in [3.63, 3.8) is 0 Å². The highest BCUT2D eigenvalue weighted by Gasteiger charge is 2.21. The maximum atomic E-state index is 9.69. The Bertz CT molecular complexity index is 1070. The van der Waals surface area contributed by atoms with Crippen LogP contribution >= 0.6 is 11.8 Å². The average Bonchev–Trinajstić information content (AvgIpc) is 2.76. The van der Waals surface area contributed by atoms with Crippen LogP contribution in [0, 0.1) is 11.3 Å². The molecule has 0 aliphatic heterocycles. The average molecular weight is 462 g/mol. The van der Waals surface area contributed by atoms with Crippen LogP contribution in [0.5, 0.6) is 17.2 Å². The first-order valence-electron chi connectivity index (χ1n) is 11.3. The zero-order valence-electron chi connectivity index (χ0n) is 21.0. The summed E-state index contributed by atoms with van der Waals surface area (Å²) in [5.41, 5.74) is 1.24. The number of nitriles is 1. The number of hydrogen-bond donors (Lipinski definition) is 0. The molecule has 0 saturated heterocycles. The van der Waals surface area contributed by atoms with E-state index in [4.69, 9.17) is 9.47 Å². The Balaban J connectivity index is 0.00000187. The van der Waals surface area contributed by atoms with E-state index in [1.54, 1.807) is 11.8 Å². The summed E-state index contributed by atoms with van der Waals surface area (Å²) >= 11 is 1.68. The van der Waals surface area contributed by atoms with Gasteiger partial charge in [0.2, 0.25) is 0 Å². The number of nitrogens with zero attached hydrogens (tertiary/aromatic N) is 1. The SMILES string of the molecule is CC.CC(C)(C)Oc1ccc(Sc2ccc(Oc3cccc(C(C)(C)C)c3C#N)cc2)cc1. The molecule has 0 unspecified atom stereocenters. The summed E-state index contributed by atoms with van der Waals surface area (Å²) in [5.74, 6) is 2.16. The Morgan fingerprint density at radius 3 is 1.70 bits per heavy atom. The van der Waals surface area contributed by atoms with Gasteiger partial charge in [0.15, 0.2) is 0 Å². The van der Waals surface area contributed by atoms with Crippen molar-refractivity contribution >= 4 is 11.8 Å². The first-order valence-corrected chi connectivity index (χ1v) is 12.2. The lowest BCUT2D eigenvalue weighted by Crippen LogP contribution is -2.22. The second-order valence-corrected chi connectivity index (χ2v) is 10.5. The van der Waals surface area contributed by atoms with Gasteiger partial charge in [-0.05, 0) is 86.3 Å². The molecule has 0 N–H and O–H groups in total. The molecule has 0 aromatic heterocycles. The molecule has 0 fully saturated rings. The second-order valence-electron chi connectivity index (χ2n) is 9.40. The molecule has 3 nitrogen and oxygen atoms in total. The van der Waals surface area contributed by atoms with E-state index in [2.05, 4.69) is 39.0 Å². The molecule has 0 aliphatic carbocycles. The van der Waals surface area contributed by atoms with Gasteiger partial charge in [0.05, 0.1) is 5.56 Å². The molecule has 4 heteroatoms. The van der Waals surface area contributed by atoms with Crippen molar-refractivity contribution in [2.45, 2.75) is 76.2 Å². The third-order valence-corrected chi connectivity index (χ3v) is 5.50. The van der Waals surface area contributed by atoms with Crippen molar-refractivity contribution in [3.05, 3.63) is 77.9 Å². The van der Waals surface area contributed by atoms with Gasteiger partial charge < -0.3 is 9.47 Å². The van der Waals surface area contributed by atoms with Crippen LogP contribution in [0.4, 0.5) is 0 Å². The molecule has 174 valence electrons. The first-order chi connectivity index (χ1) is 15.5. The van der Waals surface area contributed by atoms with Crippen molar-refractivity contribution in [1.29, 1.82) is 5.26 Å². The van der Waals surface area contributed by atoms with Gasteiger partial charge in [-0.2, -0.15) is 5.26 Å². The summed E-state index contributed by atoms with van der Waals surface area (Å²) in [6.45, 7) is 16.4. The predicted octanol–water partition coefficient (Wildman–Crippen LogP) is 9.00. The van der Waals surface area contributed by atoms with E-state index in [9.17, 15) is 5.26 Å². The molecule has 0 saturated carbocycles. The summed E-state index contributed by atoms with van der Waals surface area (Å²) in [6, 6.07) is 24.1. The van der Waals surface area contributed by atoms with Gasteiger partial charge >= 0.3 is 0 Å². The standard InChI is InChI=1S/C27H29NO2S.C2H6/c1-26(2,3)24-8-7-9-25(23(24)18-28)29-19-10-14-21(15-11-19)31-22-16-12-20(13-17-22)30-27(4,5)6;1-2/h7-17H,1-6H3;1-2H3. The van der Waals surface area contributed by atoms with E-state index >= 15 is 0 Å². The highest BCUT2D eigenvalue weighted by atomic mass is 32.2. The van der Waals surface area contributed by atoms with E-state index in [1.807, 2.05) is 89.2 Å².